The smallest absolute Gasteiger partial charge is 0.102 e. The lowest BCUT2D eigenvalue weighted by atomic mass is 10.3. The van der Waals surface area contributed by atoms with Crippen LogP contribution in [-0.2, 0) is 13.7 Å². The summed E-state index contributed by atoms with van der Waals surface area (Å²) in [4.78, 5) is 0. The highest BCUT2D eigenvalue weighted by Gasteiger charge is 2.09. The van der Waals surface area contributed by atoms with E-state index in [4.69, 9.17) is 5.11 Å². The molecule has 0 aliphatic rings. The van der Waals surface area contributed by atoms with Gasteiger partial charge in [0.05, 0.1) is 23.1 Å². The van der Waals surface area contributed by atoms with Crippen LogP contribution < -0.4 is 0 Å². The molecular weight excluding hydrogens is 227 g/mol. The van der Waals surface area contributed by atoms with Gasteiger partial charge in [-0.05, 0) is 22.0 Å². The summed E-state index contributed by atoms with van der Waals surface area (Å²) < 4.78 is 13.9. The van der Waals surface area contributed by atoms with Crippen LogP contribution in [0.4, 0.5) is 4.39 Å². The maximum absolute atomic E-state index is 11.8. The molecule has 66 valence electrons. The van der Waals surface area contributed by atoms with E-state index in [0.717, 1.165) is 0 Å². The van der Waals surface area contributed by atoms with Crippen molar-refractivity contribution < 1.29 is 9.50 Å². The molecule has 1 heterocycles. The monoisotopic (exact) mass is 234 g/mol. The second-order valence-electron chi connectivity index (χ2n) is 2.22. The summed E-state index contributed by atoms with van der Waals surface area (Å²) in [7, 11) is 1.69. The third-order valence-corrected chi connectivity index (χ3v) is 2.36. The Morgan fingerprint density at radius 3 is 2.83 bits per heavy atom. The average Bonchev–Trinajstić information content (AvgIpc) is 2.29. The number of hydrogen-bond acceptors (Lipinski definition) is 2. The van der Waals surface area contributed by atoms with Gasteiger partial charge in [0.15, 0.2) is 0 Å². The first kappa shape index (κ1) is 9.41. The molecule has 0 radical (unpaired) electrons. The fraction of sp³-hybridized carbons (Fsp3) is 0.286. The van der Waals surface area contributed by atoms with Crippen molar-refractivity contribution in [3.05, 3.63) is 22.2 Å². The average molecular weight is 235 g/mol. The second-order valence-corrected chi connectivity index (χ2v) is 3.01. The molecule has 1 N–H and O–H groups in total. The van der Waals surface area contributed by atoms with Crippen LogP contribution in [0.2, 0.25) is 0 Å². The van der Waals surface area contributed by atoms with Gasteiger partial charge in [0.2, 0.25) is 0 Å². The quantitative estimate of drug-likeness (QED) is 0.845. The van der Waals surface area contributed by atoms with Gasteiger partial charge >= 0.3 is 0 Å². The predicted octanol–water partition coefficient (Wildman–Crippen LogP) is 1.62. The van der Waals surface area contributed by atoms with Crippen molar-refractivity contribution in [3.8, 4) is 0 Å². The number of aliphatic hydroxyl groups is 1. The second kappa shape index (κ2) is 3.82. The topological polar surface area (TPSA) is 38.0 Å². The van der Waals surface area contributed by atoms with Crippen molar-refractivity contribution in [2.24, 2.45) is 7.05 Å². The zero-order valence-electron chi connectivity index (χ0n) is 6.46. The van der Waals surface area contributed by atoms with E-state index in [-0.39, 0.29) is 6.61 Å². The molecule has 0 aliphatic carbocycles. The Balaban J connectivity index is 3.17. The Labute approximate surface area is 77.6 Å². The number of aryl methyl sites for hydroxylation is 1. The molecule has 0 fully saturated rings. The molecule has 0 unspecified atom stereocenters. The van der Waals surface area contributed by atoms with Crippen molar-refractivity contribution in [1.29, 1.82) is 0 Å². The molecule has 0 spiro atoms. The summed E-state index contributed by atoms with van der Waals surface area (Å²) in [6.07, 6.45) is 1.64. The van der Waals surface area contributed by atoms with E-state index in [1.807, 2.05) is 0 Å². The van der Waals surface area contributed by atoms with Gasteiger partial charge in [-0.15, -0.1) is 0 Å². The molecule has 1 aromatic heterocycles. The standard InChI is InChI=1S/C7H8BrFN2O/c1-11-6(4-12)7(8)5(10-11)2-3-9/h2-3,12H,4H2,1H3/b3-2+. The summed E-state index contributed by atoms with van der Waals surface area (Å²) in [6.45, 7) is -0.121. The maximum Gasteiger partial charge on any atom is 0.102 e. The van der Waals surface area contributed by atoms with Gasteiger partial charge in [-0.2, -0.15) is 5.10 Å². The highest BCUT2D eigenvalue weighted by Crippen LogP contribution is 2.21. The number of aromatic nitrogens is 2. The van der Waals surface area contributed by atoms with Crippen LogP contribution in [0.15, 0.2) is 10.8 Å². The fourth-order valence-electron chi connectivity index (χ4n) is 0.894. The van der Waals surface area contributed by atoms with Crippen molar-refractivity contribution in [2.45, 2.75) is 6.61 Å². The van der Waals surface area contributed by atoms with Gasteiger partial charge in [0.1, 0.15) is 5.69 Å². The lowest BCUT2D eigenvalue weighted by molar-refractivity contribution is 0.270. The van der Waals surface area contributed by atoms with Gasteiger partial charge in [0, 0.05) is 7.05 Å². The van der Waals surface area contributed by atoms with Gasteiger partial charge in [0.25, 0.3) is 0 Å². The van der Waals surface area contributed by atoms with Crippen LogP contribution in [0, 0.1) is 0 Å². The van der Waals surface area contributed by atoms with Gasteiger partial charge in [-0.3, -0.25) is 4.68 Å². The molecule has 0 amide bonds. The molecule has 1 rings (SSSR count). The van der Waals surface area contributed by atoms with Crippen molar-refractivity contribution in [3.63, 3.8) is 0 Å². The number of halogens is 2. The summed E-state index contributed by atoms with van der Waals surface area (Å²) in [5.41, 5.74) is 1.10. The maximum atomic E-state index is 11.8. The normalized spacial score (nSPS) is 11.3. The van der Waals surface area contributed by atoms with Crippen LogP contribution in [0.25, 0.3) is 6.08 Å². The lowest BCUT2D eigenvalue weighted by Gasteiger charge is -1.94. The third-order valence-electron chi connectivity index (χ3n) is 1.50. The number of rotatable bonds is 2. The Bertz CT molecular complexity index is 309. The number of hydrogen-bond donors (Lipinski definition) is 1. The molecule has 12 heavy (non-hydrogen) atoms. The Hall–Kier alpha value is -0.680. The minimum atomic E-state index is -0.121. The number of aliphatic hydroxyl groups excluding tert-OH is 1. The van der Waals surface area contributed by atoms with Crippen LogP contribution in [0.1, 0.15) is 11.4 Å². The number of nitrogens with zero attached hydrogens (tertiary/aromatic N) is 2. The van der Waals surface area contributed by atoms with Crippen molar-refractivity contribution >= 4 is 22.0 Å². The van der Waals surface area contributed by atoms with Crippen LogP contribution in [0.3, 0.4) is 0 Å². The predicted molar refractivity (Wildman–Crippen MR) is 47.0 cm³/mol. The molecule has 0 saturated heterocycles. The van der Waals surface area contributed by atoms with Gasteiger partial charge in [-0.25, -0.2) is 4.39 Å². The molecule has 0 atom stereocenters. The van der Waals surface area contributed by atoms with Gasteiger partial charge < -0.3 is 5.11 Å². The first-order valence-electron chi connectivity index (χ1n) is 3.29. The molecular formula is C7H8BrFN2O. The highest BCUT2D eigenvalue weighted by molar-refractivity contribution is 9.10. The van der Waals surface area contributed by atoms with E-state index in [1.54, 1.807) is 7.05 Å². The highest BCUT2D eigenvalue weighted by atomic mass is 79.9. The molecule has 0 saturated carbocycles. The van der Waals surface area contributed by atoms with E-state index in [2.05, 4.69) is 21.0 Å². The Morgan fingerprint density at radius 1 is 1.75 bits per heavy atom. The van der Waals surface area contributed by atoms with E-state index in [0.29, 0.717) is 22.2 Å². The fourth-order valence-corrected chi connectivity index (χ4v) is 1.49. The zero-order valence-corrected chi connectivity index (χ0v) is 8.05. The minimum Gasteiger partial charge on any atom is -0.390 e. The molecule has 0 aliphatic heterocycles. The zero-order chi connectivity index (χ0) is 9.14. The van der Waals surface area contributed by atoms with E-state index in [9.17, 15) is 4.39 Å². The lowest BCUT2D eigenvalue weighted by Crippen LogP contribution is -1.97. The van der Waals surface area contributed by atoms with E-state index >= 15 is 0 Å². The van der Waals surface area contributed by atoms with Crippen LogP contribution in [-0.4, -0.2) is 14.9 Å². The SMILES string of the molecule is Cn1nc(/C=C/F)c(Br)c1CO. The summed E-state index contributed by atoms with van der Waals surface area (Å²) in [5, 5.41) is 12.8. The van der Waals surface area contributed by atoms with Crippen LogP contribution >= 0.6 is 15.9 Å². The van der Waals surface area contributed by atoms with Crippen molar-refractivity contribution in [2.75, 3.05) is 0 Å². The first-order chi connectivity index (χ1) is 5.70. The largest absolute Gasteiger partial charge is 0.390 e. The molecule has 5 heteroatoms. The molecule has 0 aromatic carbocycles. The van der Waals surface area contributed by atoms with Crippen molar-refractivity contribution in [1.82, 2.24) is 9.78 Å². The van der Waals surface area contributed by atoms with Gasteiger partial charge in [-0.1, -0.05) is 0 Å². The molecule has 3 nitrogen and oxygen atoms in total. The first-order valence-corrected chi connectivity index (χ1v) is 4.09. The summed E-state index contributed by atoms with van der Waals surface area (Å²) in [6, 6.07) is 0. The summed E-state index contributed by atoms with van der Waals surface area (Å²) >= 11 is 3.20. The molecule has 1 aromatic rings. The third kappa shape index (κ3) is 1.56. The molecule has 0 bridgehead atoms. The Morgan fingerprint density at radius 2 is 2.42 bits per heavy atom. The Kier molecular flexibility index (Phi) is 2.99. The van der Waals surface area contributed by atoms with Crippen LogP contribution in [0.5, 0.6) is 0 Å². The van der Waals surface area contributed by atoms with E-state index < -0.39 is 0 Å². The minimum absolute atomic E-state index is 0.121. The van der Waals surface area contributed by atoms with E-state index in [1.165, 1.54) is 10.8 Å². The summed E-state index contributed by atoms with van der Waals surface area (Å²) in [5.74, 6) is 0.